The molecule has 0 amide bonds. The molecule has 1 aromatic heterocycles. The summed E-state index contributed by atoms with van der Waals surface area (Å²) in [4.78, 5) is 10.7. The van der Waals surface area contributed by atoms with Crippen LogP contribution < -0.4 is 4.90 Å². The third kappa shape index (κ3) is 3.07. The van der Waals surface area contributed by atoms with E-state index in [9.17, 15) is 8.42 Å². The summed E-state index contributed by atoms with van der Waals surface area (Å²) < 4.78 is 23.1. The van der Waals surface area contributed by atoms with Crippen LogP contribution in [0.4, 0.5) is 5.69 Å². The number of aliphatic imine (C=N–C) groups is 1. The molecule has 0 spiro atoms. The van der Waals surface area contributed by atoms with Crippen molar-refractivity contribution in [2.45, 2.75) is 10.9 Å². The zero-order valence-electron chi connectivity index (χ0n) is 12.4. The van der Waals surface area contributed by atoms with Gasteiger partial charge < -0.3 is 4.90 Å². The Balaban J connectivity index is 1.98. The van der Waals surface area contributed by atoms with Gasteiger partial charge in [0.05, 0.1) is 17.5 Å². The molecule has 1 atom stereocenters. The highest BCUT2D eigenvalue weighted by molar-refractivity contribution is 7.90. The standard InChI is InChI=1S/C16H14N4O2S/c1-23(21,22)15-6-4-14(5-7-15)20-11-13(9-17)19-16(20)12-3-2-8-18-10-12/h2-8,10,13H,11H2,1H3. The molecule has 0 N–H and O–H groups in total. The monoisotopic (exact) mass is 326 g/mol. The third-order valence-corrected chi connectivity index (χ3v) is 4.66. The first-order valence-corrected chi connectivity index (χ1v) is 8.83. The smallest absolute Gasteiger partial charge is 0.175 e. The fourth-order valence-electron chi connectivity index (χ4n) is 2.41. The lowest BCUT2D eigenvalue weighted by Gasteiger charge is -2.20. The summed E-state index contributed by atoms with van der Waals surface area (Å²) in [5, 5.41) is 9.17. The normalized spacial score (nSPS) is 17.7. The predicted octanol–water partition coefficient (Wildman–Crippen LogP) is 1.64. The Morgan fingerprint density at radius 1 is 1.26 bits per heavy atom. The summed E-state index contributed by atoms with van der Waals surface area (Å²) in [7, 11) is -3.24. The highest BCUT2D eigenvalue weighted by atomic mass is 32.2. The van der Waals surface area contributed by atoms with Crippen molar-refractivity contribution in [3.63, 3.8) is 0 Å². The van der Waals surface area contributed by atoms with Crippen LogP contribution in [0.3, 0.4) is 0 Å². The number of nitriles is 1. The van der Waals surface area contributed by atoms with E-state index >= 15 is 0 Å². The van der Waals surface area contributed by atoms with Gasteiger partial charge in [0.1, 0.15) is 5.84 Å². The zero-order valence-corrected chi connectivity index (χ0v) is 13.2. The number of nitrogens with zero attached hydrogens (tertiary/aromatic N) is 4. The molecule has 116 valence electrons. The van der Waals surface area contributed by atoms with Crippen molar-refractivity contribution in [3.05, 3.63) is 54.4 Å². The van der Waals surface area contributed by atoms with Crippen LogP contribution in [-0.2, 0) is 9.84 Å². The van der Waals surface area contributed by atoms with Gasteiger partial charge in [-0.15, -0.1) is 0 Å². The van der Waals surface area contributed by atoms with E-state index in [1.54, 1.807) is 36.7 Å². The Bertz CT molecular complexity index is 884. The summed E-state index contributed by atoms with van der Waals surface area (Å²) in [6.07, 6.45) is 4.54. The second-order valence-corrected chi connectivity index (χ2v) is 7.23. The lowest BCUT2D eigenvalue weighted by atomic mass is 10.2. The molecule has 0 fully saturated rings. The number of anilines is 1. The first-order valence-electron chi connectivity index (χ1n) is 6.94. The molecule has 0 saturated carbocycles. The number of hydrogen-bond acceptors (Lipinski definition) is 6. The van der Waals surface area contributed by atoms with Gasteiger partial charge in [-0.1, -0.05) is 0 Å². The molecule has 0 bridgehead atoms. The number of aromatic nitrogens is 1. The van der Waals surface area contributed by atoms with Gasteiger partial charge in [-0.05, 0) is 36.4 Å². The van der Waals surface area contributed by atoms with Gasteiger partial charge in [0.15, 0.2) is 15.9 Å². The Labute approximate surface area is 134 Å². The largest absolute Gasteiger partial charge is 0.323 e. The minimum Gasteiger partial charge on any atom is -0.323 e. The first kappa shape index (κ1) is 15.2. The van der Waals surface area contributed by atoms with Gasteiger partial charge in [-0.3, -0.25) is 4.98 Å². The second-order valence-electron chi connectivity index (χ2n) is 5.22. The summed E-state index contributed by atoms with van der Waals surface area (Å²) >= 11 is 0. The van der Waals surface area contributed by atoms with E-state index in [4.69, 9.17) is 5.26 Å². The van der Waals surface area contributed by atoms with Crippen molar-refractivity contribution >= 4 is 21.4 Å². The molecule has 6 nitrogen and oxygen atoms in total. The highest BCUT2D eigenvalue weighted by Gasteiger charge is 2.27. The number of hydrogen-bond donors (Lipinski definition) is 0. The average molecular weight is 326 g/mol. The Hall–Kier alpha value is -2.72. The molecule has 2 aromatic rings. The van der Waals surface area contributed by atoms with Crippen LogP contribution in [0.25, 0.3) is 0 Å². The number of sulfone groups is 1. The maximum absolute atomic E-state index is 11.6. The topological polar surface area (TPSA) is 86.4 Å². The van der Waals surface area contributed by atoms with E-state index in [-0.39, 0.29) is 4.90 Å². The van der Waals surface area contributed by atoms with Crippen molar-refractivity contribution < 1.29 is 8.42 Å². The van der Waals surface area contributed by atoms with Crippen molar-refractivity contribution in [1.82, 2.24) is 4.98 Å². The maximum Gasteiger partial charge on any atom is 0.175 e. The summed E-state index contributed by atoms with van der Waals surface area (Å²) in [6.45, 7) is 0.430. The van der Waals surface area contributed by atoms with Crippen LogP contribution >= 0.6 is 0 Å². The van der Waals surface area contributed by atoms with E-state index in [2.05, 4.69) is 16.0 Å². The van der Waals surface area contributed by atoms with Crippen molar-refractivity contribution in [1.29, 1.82) is 5.26 Å². The van der Waals surface area contributed by atoms with E-state index in [0.29, 0.717) is 12.4 Å². The minimum absolute atomic E-state index is 0.261. The lowest BCUT2D eigenvalue weighted by Crippen LogP contribution is -2.29. The Morgan fingerprint density at radius 3 is 2.57 bits per heavy atom. The van der Waals surface area contributed by atoms with Gasteiger partial charge in [-0.25, -0.2) is 13.4 Å². The van der Waals surface area contributed by atoms with Gasteiger partial charge >= 0.3 is 0 Å². The van der Waals surface area contributed by atoms with Crippen molar-refractivity contribution in [2.75, 3.05) is 17.7 Å². The van der Waals surface area contributed by atoms with Crippen molar-refractivity contribution in [3.8, 4) is 6.07 Å². The molecular weight excluding hydrogens is 312 g/mol. The first-order chi connectivity index (χ1) is 11.0. The van der Waals surface area contributed by atoms with Crippen LogP contribution in [-0.4, -0.2) is 38.1 Å². The highest BCUT2D eigenvalue weighted by Crippen LogP contribution is 2.24. The molecule has 3 rings (SSSR count). The van der Waals surface area contributed by atoms with Crippen LogP contribution in [0.2, 0.25) is 0 Å². The van der Waals surface area contributed by atoms with Crippen LogP contribution in [0.15, 0.2) is 58.7 Å². The number of benzene rings is 1. The Kier molecular flexibility index (Phi) is 3.84. The summed E-state index contributed by atoms with van der Waals surface area (Å²) in [6, 6.07) is 12.0. The molecule has 23 heavy (non-hydrogen) atoms. The lowest BCUT2D eigenvalue weighted by molar-refractivity contribution is 0.602. The van der Waals surface area contributed by atoms with Crippen molar-refractivity contribution in [2.24, 2.45) is 4.99 Å². The molecule has 7 heteroatoms. The van der Waals surface area contributed by atoms with Crippen LogP contribution in [0.5, 0.6) is 0 Å². The fourth-order valence-corrected chi connectivity index (χ4v) is 3.04. The molecule has 1 aliphatic rings. The number of pyridine rings is 1. The average Bonchev–Trinajstić information content (AvgIpc) is 2.99. The molecule has 1 aromatic carbocycles. The summed E-state index contributed by atoms with van der Waals surface area (Å²) in [5.41, 5.74) is 1.61. The van der Waals surface area contributed by atoms with E-state index < -0.39 is 15.9 Å². The molecular formula is C16H14N4O2S. The zero-order chi connectivity index (χ0) is 16.4. The molecule has 2 heterocycles. The van der Waals surface area contributed by atoms with Crippen LogP contribution in [0, 0.1) is 11.3 Å². The molecule has 1 aliphatic heterocycles. The van der Waals surface area contributed by atoms with Gasteiger partial charge in [0.25, 0.3) is 0 Å². The Morgan fingerprint density at radius 2 is 2.00 bits per heavy atom. The molecule has 1 unspecified atom stereocenters. The number of amidine groups is 1. The van der Waals surface area contributed by atoms with E-state index in [0.717, 1.165) is 11.3 Å². The molecule has 0 aliphatic carbocycles. The van der Waals surface area contributed by atoms with E-state index in [1.807, 2.05) is 17.0 Å². The van der Waals surface area contributed by atoms with Crippen LogP contribution in [0.1, 0.15) is 5.56 Å². The molecule has 0 saturated heterocycles. The van der Waals surface area contributed by atoms with Gasteiger partial charge in [-0.2, -0.15) is 5.26 Å². The SMILES string of the molecule is CS(=O)(=O)c1ccc(N2CC(C#N)N=C2c2cccnc2)cc1. The van der Waals surface area contributed by atoms with Gasteiger partial charge in [0, 0.05) is 29.9 Å². The van der Waals surface area contributed by atoms with E-state index in [1.165, 1.54) is 6.26 Å². The second kappa shape index (κ2) is 5.82. The molecule has 0 radical (unpaired) electrons. The van der Waals surface area contributed by atoms with Gasteiger partial charge in [0.2, 0.25) is 0 Å². The predicted molar refractivity (Wildman–Crippen MR) is 87.1 cm³/mol. The fraction of sp³-hybridized carbons (Fsp3) is 0.188. The summed E-state index contributed by atoms with van der Waals surface area (Å²) in [5.74, 6) is 0.664. The maximum atomic E-state index is 11.6. The minimum atomic E-state index is -3.24. The quantitative estimate of drug-likeness (QED) is 0.856. The number of rotatable bonds is 3. The third-order valence-electron chi connectivity index (χ3n) is 3.53.